The smallest absolute Gasteiger partial charge is 0.338 e. The van der Waals surface area contributed by atoms with E-state index in [1.165, 1.54) is 16.7 Å². The van der Waals surface area contributed by atoms with Gasteiger partial charge < -0.3 is 9.47 Å². The molecule has 4 rings (SSSR count). The van der Waals surface area contributed by atoms with Gasteiger partial charge in [0.2, 0.25) is 0 Å². The van der Waals surface area contributed by atoms with E-state index in [9.17, 15) is 14.4 Å². The van der Waals surface area contributed by atoms with Crippen molar-refractivity contribution in [3.8, 4) is 0 Å². The predicted octanol–water partition coefficient (Wildman–Crippen LogP) is 3.97. The Hall–Kier alpha value is -3.31. The molecule has 0 unspecified atom stereocenters. The van der Waals surface area contributed by atoms with E-state index in [0.717, 1.165) is 11.1 Å². The Balaban J connectivity index is 1.39. The molecule has 0 aromatic heterocycles. The topological polar surface area (TPSA) is 77.3 Å². The van der Waals surface area contributed by atoms with E-state index in [2.05, 4.69) is 4.85 Å². The number of carbonyl (C=O) groups excluding carboxylic acids is 3. The van der Waals surface area contributed by atoms with Crippen LogP contribution in [0, 0.1) is 6.57 Å². The number of hydrogen-bond acceptors (Lipinski definition) is 6. The lowest BCUT2D eigenvalue weighted by molar-refractivity contribution is -0.168. The molecule has 2 fully saturated rings. The first-order valence-electron chi connectivity index (χ1n) is 11.1. The summed E-state index contributed by atoms with van der Waals surface area (Å²) in [6.07, 6.45) is 0.00832. The van der Waals surface area contributed by atoms with Gasteiger partial charge >= 0.3 is 23.4 Å². The quantitative estimate of drug-likeness (QED) is 0.325. The van der Waals surface area contributed by atoms with Crippen LogP contribution in [-0.4, -0.2) is 44.4 Å². The van der Waals surface area contributed by atoms with Gasteiger partial charge in [-0.05, 0) is 25.0 Å². The maximum absolute atomic E-state index is 13.2. The fourth-order valence-corrected chi connectivity index (χ4v) is 6.10. The maximum atomic E-state index is 13.2. The van der Waals surface area contributed by atoms with Crippen molar-refractivity contribution in [3.05, 3.63) is 83.2 Å². The molecule has 2 aromatic rings. The Bertz CT molecular complexity index is 1120. The number of ether oxygens (including phenoxy) is 2. The van der Waals surface area contributed by atoms with Crippen LogP contribution >= 0.6 is 11.8 Å². The van der Waals surface area contributed by atoms with Gasteiger partial charge in [-0.25, -0.2) is 11.4 Å². The molecule has 0 spiro atoms. The molecule has 2 aromatic carbocycles. The fourth-order valence-electron chi connectivity index (χ4n) is 4.39. The van der Waals surface area contributed by atoms with Crippen molar-refractivity contribution in [1.82, 2.24) is 4.90 Å². The second kappa shape index (κ2) is 9.51. The molecule has 7 nitrogen and oxygen atoms in total. The van der Waals surface area contributed by atoms with Gasteiger partial charge in [-0.15, -0.1) is 11.8 Å². The number of amides is 1. The van der Waals surface area contributed by atoms with E-state index in [1.54, 1.807) is 0 Å². The zero-order chi connectivity index (χ0) is 24.3. The standard InChI is InChI=1S/C26H26N2O5S/c1-25(2)21(22(30)33-17-19-12-8-5-9-13-19)28-23(31)26(27-3,24(28)34-25)15-14-20(29)32-16-18-10-6-4-7-11-18/h4-13,21,24H,14-17H2,1-2H3/t21-,24+,26+/m0/s1. The van der Waals surface area contributed by atoms with Crippen LogP contribution in [0.4, 0.5) is 0 Å². The van der Waals surface area contributed by atoms with Crippen molar-refractivity contribution < 1.29 is 23.9 Å². The van der Waals surface area contributed by atoms with Crippen molar-refractivity contribution in [2.45, 2.75) is 61.6 Å². The third-order valence-corrected chi connectivity index (χ3v) is 7.89. The zero-order valence-corrected chi connectivity index (χ0v) is 19.9. The molecule has 3 atom stereocenters. The van der Waals surface area contributed by atoms with Crippen LogP contribution in [-0.2, 0) is 37.1 Å². The summed E-state index contributed by atoms with van der Waals surface area (Å²) in [5.74, 6) is -1.37. The third kappa shape index (κ3) is 4.40. The molecule has 0 aliphatic carbocycles. The minimum absolute atomic E-state index is 0.0462. The van der Waals surface area contributed by atoms with E-state index >= 15 is 0 Å². The minimum atomic E-state index is -1.37. The maximum Gasteiger partial charge on any atom is 0.338 e. The van der Waals surface area contributed by atoms with E-state index in [4.69, 9.17) is 16.0 Å². The third-order valence-electron chi connectivity index (χ3n) is 6.22. The largest absolute Gasteiger partial charge is 0.461 e. The lowest BCUT2D eigenvalue weighted by Gasteiger charge is -2.44. The van der Waals surface area contributed by atoms with Gasteiger partial charge in [0.25, 0.3) is 0 Å². The summed E-state index contributed by atoms with van der Waals surface area (Å²) < 4.78 is 10.2. The van der Waals surface area contributed by atoms with Crippen LogP contribution in [0.15, 0.2) is 60.7 Å². The van der Waals surface area contributed by atoms with Crippen LogP contribution in [0.1, 0.15) is 37.8 Å². The van der Waals surface area contributed by atoms with Gasteiger partial charge in [-0.1, -0.05) is 60.7 Å². The van der Waals surface area contributed by atoms with Gasteiger partial charge in [0, 0.05) is 11.2 Å². The monoisotopic (exact) mass is 478 g/mol. The Morgan fingerprint density at radius 1 is 1.00 bits per heavy atom. The normalized spacial score (nSPS) is 24.5. The molecular weight excluding hydrogens is 452 g/mol. The first kappa shape index (κ1) is 23.8. The van der Waals surface area contributed by atoms with Crippen molar-refractivity contribution in [1.29, 1.82) is 0 Å². The number of fused-ring (bicyclic) bond motifs is 1. The fraction of sp³-hybridized carbons (Fsp3) is 0.385. The summed E-state index contributed by atoms with van der Waals surface area (Å²) >= 11 is 1.41. The van der Waals surface area contributed by atoms with Gasteiger partial charge in [0.1, 0.15) is 19.3 Å². The Labute approximate surface area is 203 Å². The van der Waals surface area contributed by atoms with E-state index in [1.807, 2.05) is 74.5 Å². The molecule has 1 amide bonds. The highest BCUT2D eigenvalue weighted by Gasteiger charge is 2.76. The number of nitrogens with zero attached hydrogens (tertiary/aromatic N) is 2. The summed E-state index contributed by atoms with van der Waals surface area (Å²) in [6, 6.07) is 17.9. The number of carbonyl (C=O) groups is 3. The Morgan fingerprint density at radius 2 is 1.56 bits per heavy atom. The summed E-state index contributed by atoms with van der Waals surface area (Å²) in [7, 11) is 0. The second-order valence-electron chi connectivity index (χ2n) is 8.96. The number of β-lactam (4-membered cyclic amide) rings is 1. The number of benzene rings is 2. The van der Waals surface area contributed by atoms with Crippen LogP contribution in [0.25, 0.3) is 4.85 Å². The van der Waals surface area contributed by atoms with Crippen LogP contribution in [0.5, 0.6) is 0 Å². The first-order valence-corrected chi connectivity index (χ1v) is 12.0. The number of hydrogen-bond donors (Lipinski definition) is 0. The van der Waals surface area contributed by atoms with Crippen LogP contribution in [0.3, 0.4) is 0 Å². The average molecular weight is 479 g/mol. The molecule has 8 heteroatoms. The zero-order valence-electron chi connectivity index (χ0n) is 19.1. The van der Waals surface area contributed by atoms with Gasteiger partial charge in [-0.3, -0.25) is 19.3 Å². The summed E-state index contributed by atoms with van der Waals surface area (Å²) in [5.41, 5.74) is 0.351. The first-order chi connectivity index (χ1) is 16.3. The van der Waals surface area contributed by atoms with Gasteiger partial charge in [0.15, 0.2) is 5.37 Å². The van der Waals surface area contributed by atoms with E-state index < -0.39 is 39.5 Å². The summed E-state index contributed by atoms with van der Waals surface area (Å²) in [4.78, 5) is 43.6. The van der Waals surface area contributed by atoms with Crippen LogP contribution < -0.4 is 0 Å². The molecule has 0 N–H and O–H groups in total. The predicted molar refractivity (Wildman–Crippen MR) is 127 cm³/mol. The molecule has 0 radical (unpaired) electrons. The number of esters is 2. The summed E-state index contributed by atoms with van der Waals surface area (Å²) in [5, 5.41) is -0.510. The molecule has 0 bridgehead atoms. The molecule has 34 heavy (non-hydrogen) atoms. The lowest BCUT2D eigenvalue weighted by atomic mass is 9.81. The summed E-state index contributed by atoms with van der Waals surface area (Å²) in [6.45, 7) is 11.8. The second-order valence-corrected chi connectivity index (χ2v) is 10.7. The molecule has 2 aliphatic heterocycles. The highest BCUT2D eigenvalue weighted by molar-refractivity contribution is 8.01. The SMILES string of the molecule is [C-]#[N+][C@]1(CCC(=O)OCc2ccccc2)C(=O)N2[C@@H](C(=O)OCc3ccccc3)C(C)(C)S[C@@H]21. The molecule has 0 saturated carbocycles. The molecule has 176 valence electrons. The van der Waals surface area contributed by atoms with Crippen molar-refractivity contribution in [2.75, 3.05) is 0 Å². The van der Waals surface area contributed by atoms with Crippen molar-refractivity contribution in [3.63, 3.8) is 0 Å². The highest BCUT2D eigenvalue weighted by atomic mass is 32.2. The van der Waals surface area contributed by atoms with Gasteiger partial charge in [-0.2, -0.15) is 0 Å². The Kier molecular flexibility index (Phi) is 6.67. The molecular formula is C26H26N2O5S. The van der Waals surface area contributed by atoms with Gasteiger partial charge in [0.05, 0.1) is 6.42 Å². The molecule has 2 heterocycles. The lowest BCUT2D eigenvalue weighted by Crippen LogP contribution is -2.72. The highest BCUT2D eigenvalue weighted by Crippen LogP contribution is 2.57. The van der Waals surface area contributed by atoms with E-state index in [-0.39, 0.29) is 26.1 Å². The molecule has 2 saturated heterocycles. The Morgan fingerprint density at radius 3 is 2.12 bits per heavy atom. The van der Waals surface area contributed by atoms with E-state index in [0.29, 0.717) is 0 Å². The number of rotatable bonds is 8. The van der Waals surface area contributed by atoms with Crippen molar-refractivity contribution in [2.24, 2.45) is 0 Å². The average Bonchev–Trinajstić information content (AvgIpc) is 3.11. The molecule has 2 aliphatic rings. The number of thioether (sulfide) groups is 1. The minimum Gasteiger partial charge on any atom is -0.461 e. The van der Waals surface area contributed by atoms with Crippen molar-refractivity contribution >= 4 is 29.6 Å². The van der Waals surface area contributed by atoms with Crippen LogP contribution in [0.2, 0.25) is 0 Å².